The van der Waals surface area contributed by atoms with E-state index in [1.54, 1.807) is 12.1 Å². The maximum absolute atomic E-state index is 12.2. The summed E-state index contributed by atoms with van der Waals surface area (Å²) in [7, 11) is 0. The second kappa shape index (κ2) is 6.11. The van der Waals surface area contributed by atoms with Crippen LogP contribution in [0.15, 0.2) is 36.4 Å². The topological polar surface area (TPSA) is 85.1 Å². The second-order valence-electron chi connectivity index (χ2n) is 4.49. The van der Waals surface area contributed by atoms with Crippen molar-refractivity contribution in [2.75, 3.05) is 5.32 Å². The average molecular weight is 368 g/mol. The van der Waals surface area contributed by atoms with Crippen molar-refractivity contribution in [2.24, 2.45) is 0 Å². The largest absolute Gasteiger partial charge is 0.298 e. The molecule has 0 aliphatic heterocycles. The lowest BCUT2D eigenvalue weighted by atomic mass is 10.2. The molecule has 3 aromatic rings. The summed E-state index contributed by atoms with van der Waals surface area (Å²) < 4.78 is 0.790. The minimum absolute atomic E-state index is 0.0806. The Morgan fingerprint density at radius 2 is 1.87 bits per heavy atom. The van der Waals surface area contributed by atoms with E-state index in [0.29, 0.717) is 26.3 Å². The van der Waals surface area contributed by atoms with E-state index in [9.17, 15) is 14.9 Å². The maximum Gasteiger partial charge on any atom is 0.269 e. The van der Waals surface area contributed by atoms with E-state index in [-0.39, 0.29) is 5.69 Å². The van der Waals surface area contributed by atoms with Crippen LogP contribution in [0.2, 0.25) is 10.0 Å². The number of hydrogen-bond donors (Lipinski definition) is 1. The van der Waals surface area contributed by atoms with E-state index >= 15 is 0 Å². The molecule has 0 bridgehead atoms. The molecule has 1 amide bonds. The molecule has 6 nitrogen and oxygen atoms in total. The van der Waals surface area contributed by atoms with E-state index in [4.69, 9.17) is 23.2 Å². The van der Waals surface area contributed by atoms with Gasteiger partial charge in [-0.05, 0) is 24.3 Å². The number of nitro groups is 1. The Labute approximate surface area is 143 Å². The highest BCUT2D eigenvalue weighted by Gasteiger charge is 2.14. The molecule has 1 aromatic heterocycles. The lowest BCUT2D eigenvalue weighted by molar-refractivity contribution is -0.384. The lowest BCUT2D eigenvalue weighted by Crippen LogP contribution is -2.11. The highest BCUT2D eigenvalue weighted by molar-refractivity contribution is 7.22. The van der Waals surface area contributed by atoms with E-state index in [2.05, 4.69) is 10.3 Å². The predicted octanol–water partition coefficient (Wildman–Crippen LogP) is 4.76. The second-order valence-corrected chi connectivity index (χ2v) is 6.30. The van der Waals surface area contributed by atoms with Crippen molar-refractivity contribution in [1.82, 2.24) is 4.98 Å². The first kappa shape index (κ1) is 15.7. The van der Waals surface area contributed by atoms with Crippen LogP contribution in [0.1, 0.15) is 10.4 Å². The SMILES string of the molecule is O=C(Nc1nc2c(Cl)c(Cl)ccc2s1)c1ccc([N+](=O)[O-])cc1. The number of nitrogens with zero attached hydrogens (tertiary/aromatic N) is 2. The number of thiazole rings is 1. The molecule has 0 aliphatic carbocycles. The summed E-state index contributed by atoms with van der Waals surface area (Å²) in [5.74, 6) is -0.416. The molecule has 0 unspecified atom stereocenters. The third-order valence-corrected chi connectivity index (χ3v) is 4.74. The Balaban J connectivity index is 1.85. The first-order chi connectivity index (χ1) is 11.0. The number of nitrogens with one attached hydrogen (secondary N) is 1. The van der Waals surface area contributed by atoms with Crippen LogP contribution in [0.4, 0.5) is 10.8 Å². The Bertz CT molecular complexity index is 925. The van der Waals surface area contributed by atoms with Gasteiger partial charge in [-0.15, -0.1) is 0 Å². The van der Waals surface area contributed by atoms with Crippen LogP contribution in [0.3, 0.4) is 0 Å². The molecular formula is C14H7Cl2N3O3S. The first-order valence-electron chi connectivity index (χ1n) is 6.26. The number of fused-ring (bicyclic) bond motifs is 1. The number of rotatable bonds is 3. The van der Waals surface area contributed by atoms with Gasteiger partial charge in [0.05, 0.1) is 19.7 Å². The summed E-state index contributed by atoms with van der Waals surface area (Å²) in [4.78, 5) is 26.5. The molecule has 1 N–H and O–H groups in total. The molecule has 0 saturated carbocycles. The molecule has 9 heteroatoms. The van der Waals surface area contributed by atoms with Crippen LogP contribution in [0.5, 0.6) is 0 Å². The Morgan fingerprint density at radius 1 is 1.17 bits per heavy atom. The van der Waals surface area contributed by atoms with E-state index in [1.165, 1.54) is 35.6 Å². The van der Waals surface area contributed by atoms with Crippen molar-refractivity contribution in [3.8, 4) is 0 Å². The summed E-state index contributed by atoms with van der Waals surface area (Å²) in [6.07, 6.45) is 0. The number of anilines is 1. The summed E-state index contributed by atoms with van der Waals surface area (Å²) in [6.45, 7) is 0. The fourth-order valence-corrected chi connectivity index (χ4v) is 3.18. The molecule has 1 heterocycles. The number of amides is 1. The monoisotopic (exact) mass is 367 g/mol. The smallest absolute Gasteiger partial charge is 0.269 e. The summed E-state index contributed by atoms with van der Waals surface area (Å²) in [5.41, 5.74) is 0.727. The van der Waals surface area contributed by atoms with Crippen LogP contribution >= 0.6 is 34.5 Å². The normalized spacial score (nSPS) is 10.7. The molecule has 0 aliphatic rings. The Hall–Kier alpha value is -2.22. The molecule has 0 fully saturated rings. The van der Waals surface area contributed by atoms with Crippen LogP contribution < -0.4 is 5.32 Å². The van der Waals surface area contributed by atoms with Crippen LogP contribution in [0.25, 0.3) is 10.2 Å². The Kier molecular flexibility index (Phi) is 4.16. The number of aromatic nitrogens is 1. The lowest BCUT2D eigenvalue weighted by Gasteiger charge is -2.01. The minimum atomic E-state index is -0.527. The molecule has 0 atom stereocenters. The highest BCUT2D eigenvalue weighted by atomic mass is 35.5. The molecular weight excluding hydrogens is 361 g/mol. The van der Waals surface area contributed by atoms with Gasteiger partial charge in [0, 0.05) is 17.7 Å². The average Bonchev–Trinajstić information content (AvgIpc) is 2.94. The molecule has 0 spiro atoms. The summed E-state index contributed by atoms with van der Waals surface area (Å²) in [5, 5.41) is 14.3. The van der Waals surface area contributed by atoms with E-state index < -0.39 is 10.8 Å². The predicted molar refractivity (Wildman–Crippen MR) is 90.7 cm³/mol. The van der Waals surface area contributed by atoms with Gasteiger partial charge in [-0.25, -0.2) is 4.98 Å². The summed E-state index contributed by atoms with van der Waals surface area (Å²) in [6, 6.07) is 8.72. The molecule has 2 aromatic carbocycles. The number of halogens is 2. The van der Waals surface area contributed by atoms with Crippen molar-refractivity contribution in [3.05, 3.63) is 62.1 Å². The molecule has 3 rings (SSSR count). The van der Waals surface area contributed by atoms with Crippen molar-refractivity contribution in [1.29, 1.82) is 0 Å². The van der Waals surface area contributed by atoms with E-state index in [0.717, 1.165) is 4.70 Å². The standard InChI is InChI=1S/C14H7Cl2N3O3S/c15-9-5-6-10-12(11(9)16)17-14(23-10)18-13(20)7-1-3-8(4-2-7)19(21)22/h1-6H,(H,17,18,20). The zero-order valence-corrected chi connectivity index (χ0v) is 13.6. The van der Waals surface area contributed by atoms with Crippen molar-refractivity contribution in [2.45, 2.75) is 0 Å². The third kappa shape index (κ3) is 3.12. The fourth-order valence-electron chi connectivity index (χ4n) is 1.89. The number of carbonyl (C=O) groups excluding carboxylic acids is 1. The number of nitro benzene ring substituents is 1. The molecule has 116 valence electrons. The zero-order valence-electron chi connectivity index (χ0n) is 11.2. The molecule has 0 radical (unpaired) electrons. The van der Waals surface area contributed by atoms with Crippen LogP contribution in [-0.2, 0) is 0 Å². The van der Waals surface area contributed by atoms with Gasteiger partial charge in [0.1, 0.15) is 5.52 Å². The minimum Gasteiger partial charge on any atom is -0.298 e. The van der Waals surface area contributed by atoms with Gasteiger partial charge >= 0.3 is 0 Å². The van der Waals surface area contributed by atoms with Gasteiger partial charge in [0.15, 0.2) is 5.13 Å². The Morgan fingerprint density at radius 3 is 2.52 bits per heavy atom. The van der Waals surface area contributed by atoms with Crippen LogP contribution in [-0.4, -0.2) is 15.8 Å². The highest BCUT2D eigenvalue weighted by Crippen LogP contribution is 2.35. The van der Waals surface area contributed by atoms with Crippen molar-refractivity contribution in [3.63, 3.8) is 0 Å². The zero-order chi connectivity index (χ0) is 16.6. The van der Waals surface area contributed by atoms with Gasteiger partial charge in [-0.1, -0.05) is 34.5 Å². The van der Waals surface area contributed by atoms with Gasteiger partial charge in [0.25, 0.3) is 11.6 Å². The quantitative estimate of drug-likeness (QED) is 0.533. The van der Waals surface area contributed by atoms with Gasteiger partial charge in [-0.2, -0.15) is 0 Å². The van der Waals surface area contributed by atoms with Gasteiger partial charge in [-0.3, -0.25) is 20.2 Å². The number of carbonyl (C=O) groups is 1. The molecule has 23 heavy (non-hydrogen) atoms. The first-order valence-corrected chi connectivity index (χ1v) is 7.83. The van der Waals surface area contributed by atoms with Gasteiger partial charge < -0.3 is 0 Å². The number of non-ortho nitro benzene ring substituents is 1. The molecule has 0 saturated heterocycles. The number of benzene rings is 2. The van der Waals surface area contributed by atoms with Crippen molar-refractivity contribution < 1.29 is 9.72 Å². The number of hydrogen-bond acceptors (Lipinski definition) is 5. The maximum atomic E-state index is 12.2. The van der Waals surface area contributed by atoms with Gasteiger partial charge in [0.2, 0.25) is 0 Å². The van der Waals surface area contributed by atoms with E-state index in [1.807, 2.05) is 0 Å². The fraction of sp³-hybridized carbons (Fsp3) is 0. The van der Waals surface area contributed by atoms with Crippen molar-refractivity contribution >= 4 is 61.5 Å². The summed E-state index contributed by atoms with van der Waals surface area (Å²) >= 11 is 13.3. The van der Waals surface area contributed by atoms with Crippen LogP contribution in [0, 0.1) is 10.1 Å². The third-order valence-electron chi connectivity index (χ3n) is 3.01.